The number of carbonyl (C=O) groups is 1. The van der Waals surface area contributed by atoms with Crippen molar-refractivity contribution in [1.82, 2.24) is 15.5 Å². The highest BCUT2D eigenvalue weighted by molar-refractivity contribution is 5.76. The van der Waals surface area contributed by atoms with E-state index < -0.39 is 0 Å². The van der Waals surface area contributed by atoms with Crippen molar-refractivity contribution in [3.05, 3.63) is 18.3 Å². The summed E-state index contributed by atoms with van der Waals surface area (Å²) in [5.74, 6) is 1.03. The highest BCUT2D eigenvalue weighted by atomic mass is 16.5. The SMILES string of the molecule is O=C(CC[C@@H]1CCCO1)N[C@H]1CCCN(c2cccnn2)C1. The van der Waals surface area contributed by atoms with Gasteiger partial charge >= 0.3 is 0 Å². The van der Waals surface area contributed by atoms with E-state index >= 15 is 0 Å². The molecule has 0 saturated carbocycles. The Morgan fingerprint density at radius 1 is 1.41 bits per heavy atom. The van der Waals surface area contributed by atoms with Crippen molar-refractivity contribution in [1.29, 1.82) is 0 Å². The number of ether oxygens (including phenoxy) is 1. The molecule has 22 heavy (non-hydrogen) atoms. The summed E-state index contributed by atoms with van der Waals surface area (Å²) >= 11 is 0. The van der Waals surface area contributed by atoms with E-state index in [0.717, 1.165) is 57.6 Å². The lowest BCUT2D eigenvalue weighted by Gasteiger charge is -2.33. The minimum Gasteiger partial charge on any atom is -0.378 e. The third-order valence-corrected chi connectivity index (χ3v) is 4.39. The van der Waals surface area contributed by atoms with Crippen LogP contribution in [0.1, 0.15) is 38.5 Å². The van der Waals surface area contributed by atoms with Gasteiger partial charge in [0, 0.05) is 38.4 Å². The molecule has 1 aromatic heterocycles. The lowest BCUT2D eigenvalue weighted by Crippen LogP contribution is -2.48. The number of amides is 1. The molecule has 120 valence electrons. The van der Waals surface area contributed by atoms with E-state index in [9.17, 15) is 4.79 Å². The number of nitrogens with one attached hydrogen (secondary N) is 1. The van der Waals surface area contributed by atoms with Gasteiger partial charge in [-0.2, -0.15) is 5.10 Å². The van der Waals surface area contributed by atoms with Crippen LogP contribution in [-0.2, 0) is 9.53 Å². The smallest absolute Gasteiger partial charge is 0.220 e. The predicted octanol–water partition coefficient (Wildman–Crippen LogP) is 1.52. The van der Waals surface area contributed by atoms with Gasteiger partial charge in [0.15, 0.2) is 5.82 Å². The van der Waals surface area contributed by atoms with Crippen molar-refractivity contribution in [2.45, 2.75) is 50.7 Å². The summed E-state index contributed by atoms with van der Waals surface area (Å²) < 4.78 is 5.56. The van der Waals surface area contributed by atoms with Crippen LogP contribution in [0.25, 0.3) is 0 Å². The second-order valence-electron chi connectivity index (χ2n) is 6.11. The van der Waals surface area contributed by atoms with Crippen LogP contribution in [0.2, 0.25) is 0 Å². The van der Waals surface area contributed by atoms with Crippen molar-refractivity contribution in [2.24, 2.45) is 0 Å². The molecule has 0 unspecified atom stereocenters. The third kappa shape index (κ3) is 4.16. The molecule has 2 atom stereocenters. The lowest BCUT2D eigenvalue weighted by molar-refractivity contribution is -0.122. The molecule has 3 heterocycles. The van der Waals surface area contributed by atoms with Gasteiger partial charge in [-0.05, 0) is 44.2 Å². The fourth-order valence-electron chi connectivity index (χ4n) is 3.23. The van der Waals surface area contributed by atoms with Crippen LogP contribution in [0, 0.1) is 0 Å². The number of anilines is 1. The van der Waals surface area contributed by atoms with E-state index in [1.807, 2.05) is 12.1 Å². The third-order valence-electron chi connectivity index (χ3n) is 4.39. The van der Waals surface area contributed by atoms with Gasteiger partial charge in [0.25, 0.3) is 0 Å². The van der Waals surface area contributed by atoms with Crippen LogP contribution in [0.3, 0.4) is 0 Å². The van der Waals surface area contributed by atoms with Crippen LogP contribution in [-0.4, -0.2) is 47.9 Å². The monoisotopic (exact) mass is 304 g/mol. The van der Waals surface area contributed by atoms with Gasteiger partial charge in [0.05, 0.1) is 6.10 Å². The Bertz CT molecular complexity index is 476. The average Bonchev–Trinajstić information content (AvgIpc) is 3.08. The van der Waals surface area contributed by atoms with E-state index in [-0.39, 0.29) is 18.1 Å². The molecule has 1 N–H and O–H groups in total. The number of hydrogen-bond acceptors (Lipinski definition) is 5. The first-order valence-corrected chi connectivity index (χ1v) is 8.25. The number of rotatable bonds is 5. The largest absolute Gasteiger partial charge is 0.378 e. The molecular weight excluding hydrogens is 280 g/mol. The number of nitrogens with zero attached hydrogens (tertiary/aromatic N) is 3. The van der Waals surface area contributed by atoms with E-state index in [2.05, 4.69) is 20.4 Å². The summed E-state index contributed by atoms with van der Waals surface area (Å²) in [4.78, 5) is 14.3. The maximum absolute atomic E-state index is 12.1. The number of carbonyl (C=O) groups excluding carboxylic acids is 1. The van der Waals surface area contributed by atoms with Crippen molar-refractivity contribution in [3.8, 4) is 0 Å². The van der Waals surface area contributed by atoms with Crippen molar-refractivity contribution >= 4 is 11.7 Å². The lowest BCUT2D eigenvalue weighted by atomic mass is 10.0. The molecule has 3 rings (SSSR count). The van der Waals surface area contributed by atoms with Crippen LogP contribution < -0.4 is 10.2 Å². The van der Waals surface area contributed by atoms with Gasteiger partial charge in [-0.15, -0.1) is 5.10 Å². The fourth-order valence-corrected chi connectivity index (χ4v) is 3.23. The summed E-state index contributed by atoms with van der Waals surface area (Å²) in [6.07, 6.45) is 7.68. The molecule has 0 bridgehead atoms. The molecule has 1 amide bonds. The number of piperidine rings is 1. The standard InChI is InChI=1S/C16H24N4O2/c21-16(8-7-14-5-3-11-22-14)18-13-4-2-10-20(12-13)15-6-1-9-17-19-15/h1,6,9,13-14H,2-5,7-8,10-12H2,(H,18,21)/t13-,14-/m0/s1. The Morgan fingerprint density at radius 2 is 2.36 bits per heavy atom. The van der Waals surface area contributed by atoms with Crippen LogP contribution in [0.15, 0.2) is 18.3 Å². The van der Waals surface area contributed by atoms with Gasteiger partial charge in [-0.3, -0.25) is 4.79 Å². The molecule has 2 aliphatic heterocycles. The highest BCUT2D eigenvalue weighted by Crippen LogP contribution is 2.18. The molecule has 2 aliphatic rings. The van der Waals surface area contributed by atoms with Gasteiger partial charge in [-0.25, -0.2) is 0 Å². The molecule has 0 radical (unpaired) electrons. The van der Waals surface area contributed by atoms with Crippen LogP contribution >= 0.6 is 0 Å². The molecule has 2 saturated heterocycles. The summed E-state index contributed by atoms with van der Waals surface area (Å²) in [5, 5.41) is 11.2. The van der Waals surface area contributed by atoms with Crippen molar-refractivity contribution in [3.63, 3.8) is 0 Å². The van der Waals surface area contributed by atoms with Gasteiger partial charge in [-0.1, -0.05) is 0 Å². The Balaban J connectivity index is 1.44. The molecule has 0 spiro atoms. The quantitative estimate of drug-likeness (QED) is 0.893. The van der Waals surface area contributed by atoms with E-state index in [4.69, 9.17) is 4.74 Å². The first kappa shape index (κ1) is 15.2. The summed E-state index contributed by atoms with van der Waals surface area (Å²) in [7, 11) is 0. The topological polar surface area (TPSA) is 67.3 Å². The summed E-state index contributed by atoms with van der Waals surface area (Å²) in [6, 6.07) is 4.06. The van der Waals surface area contributed by atoms with Crippen molar-refractivity contribution < 1.29 is 9.53 Å². The Labute approximate surface area is 131 Å². The first-order chi connectivity index (χ1) is 10.8. The maximum Gasteiger partial charge on any atom is 0.220 e. The molecule has 0 aliphatic carbocycles. The van der Waals surface area contributed by atoms with E-state index in [0.29, 0.717) is 6.42 Å². The fraction of sp³-hybridized carbons (Fsp3) is 0.688. The van der Waals surface area contributed by atoms with E-state index in [1.54, 1.807) is 6.20 Å². The highest BCUT2D eigenvalue weighted by Gasteiger charge is 2.23. The first-order valence-electron chi connectivity index (χ1n) is 8.25. The summed E-state index contributed by atoms with van der Waals surface area (Å²) in [6.45, 7) is 2.63. The van der Waals surface area contributed by atoms with Gasteiger partial charge < -0.3 is 15.0 Å². The zero-order valence-corrected chi connectivity index (χ0v) is 12.9. The number of aromatic nitrogens is 2. The molecule has 2 fully saturated rings. The normalized spacial score (nSPS) is 25.2. The average molecular weight is 304 g/mol. The van der Waals surface area contributed by atoms with Crippen molar-refractivity contribution in [2.75, 3.05) is 24.6 Å². The minimum atomic E-state index is 0.140. The van der Waals surface area contributed by atoms with E-state index in [1.165, 1.54) is 0 Å². The molecular formula is C16H24N4O2. The zero-order valence-electron chi connectivity index (χ0n) is 12.9. The predicted molar refractivity (Wildman–Crippen MR) is 83.6 cm³/mol. The Hall–Kier alpha value is -1.69. The molecule has 1 aromatic rings. The molecule has 6 nitrogen and oxygen atoms in total. The van der Waals surface area contributed by atoms with Crippen LogP contribution in [0.4, 0.5) is 5.82 Å². The molecule has 6 heteroatoms. The van der Waals surface area contributed by atoms with Gasteiger partial charge in [0.2, 0.25) is 5.91 Å². The summed E-state index contributed by atoms with van der Waals surface area (Å²) in [5.41, 5.74) is 0. The second-order valence-corrected chi connectivity index (χ2v) is 6.11. The minimum absolute atomic E-state index is 0.140. The van der Waals surface area contributed by atoms with Gasteiger partial charge in [0.1, 0.15) is 0 Å². The number of hydrogen-bond donors (Lipinski definition) is 1. The maximum atomic E-state index is 12.1. The molecule has 0 aromatic carbocycles. The second kappa shape index (κ2) is 7.54. The zero-order chi connectivity index (χ0) is 15.2. The Morgan fingerprint density at radius 3 is 3.14 bits per heavy atom. The Kier molecular flexibility index (Phi) is 5.21. The van der Waals surface area contributed by atoms with Crippen LogP contribution in [0.5, 0.6) is 0 Å².